The summed E-state index contributed by atoms with van der Waals surface area (Å²) in [5.41, 5.74) is 2.08. The first-order valence-corrected chi connectivity index (χ1v) is 7.20. The van der Waals surface area contributed by atoms with Gasteiger partial charge in [0, 0.05) is 31.2 Å². The van der Waals surface area contributed by atoms with E-state index in [2.05, 4.69) is 10.4 Å². The van der Waals surface area contributed by atoms with Crippen molar-refractivity contribution in [3.8, 4) is 5.75 Å². The van der Waals surface area contributed by atoms with Crippen LogP contribution in [0.25, 0.3) is 0 Å². The van der Waals surface area contributed by atoms with Crippen molar-refractivity contribution in [2.24, 2.45) is 7.05 Å². The predicted molar refractivity (Wildman–Crippen MR) is 79.5 cm³/mol. The number of nitrogens with one attached hydrogen (secondary N) is 1. The summed E-state index contributed by atoms with van der Waals surface area (Å²) in [6.45, 7) is 0.571. The Morgan fingerprint density at radius 2 is 2.43 bits per heavy atom. The van der Waals surface area contributed by atoms with Gasteiger partial charge in [-0.25, -0.2) is 0 Å². The van der Waals surface area contributed by atoms with Gasteiger partial charge in [-0.3, -0.25) is 9.48 Å². The third kappa shape index (κ3) is 3.19. The zero-order valence-corrected chi connectivity index (χ0v) is 12.4. The van der Waals surface area contributed by atoms with Gasteiger partial charge < -0.3 is 10.1 Å². The molecule has 21 heavy (non-hydrogen) atoms. The molecule has 110 valence electrons. The van der Waals surface area contributed by atoms with Gasteiger partial charge in [0.1, 0.15) is 5.75 Å². The van der Waals surface area contributed by atoms with Crippen molar-refractivity contribution in [1.29, 1.82) is 0 Å². The zero-order chi connectivity index (χ0) is 14.8. The quantitative estimate of drug-likeness (QED) is 0.936. The van der Waals surface area contributed by atoms with Gasteiger partial charge in [-0.15, -0.1) is 0 Å². The van der Waals surface area contributed by atoms with Crippen LogP contribution in [-0.2, 0) is 24.7 Å². The van der Waals surface area contributed by atoms with Gasteiger partial charge >= 0.3 is 0 Å². The number of benzene rings is 1. The zero-order valence-electron chi connectivity index (χ0n) is 11.7. The Morgan fingerprint density at radius 3 is 3.19 bits per heavy atom. The first-order valence-electron chi connectivity index (χ1n) is 6.82. The summed E-state index contributed by atoms with van der Waals surface area (Å²) in [6.07, 6.45) is 4.60. The maximum absolute atomic E-state index is 12.1. The summed E-state index contributed by atoms with van der Waals surface area (Å²) in [6, 6.07) is 5.42. The lowest BCUT2D eigenvalue weighted by Gasteiger charge is -2.10. The molecule has 1 aromatic heterocycles. The molecule has 6 heteroatoms. The molecule has 2 aromatic rings. The lowest BCUT2D eigenvalue weighted by Crippen LogP contribution is -2.38. The molecule has 3 rings (SSSR count). The predicted octanol–water partition coefficient (Wildman–Crippen LogP) is 1.74. The Kier molecular flexibility index (Phi) is 3.84. The van der Waals surface area contributed by atoms with Crippen molar-refractivity contribution in [3.63, 3.8) is 0 Å². The number of ether oxygens (including phenoxy) is 1. The Bertz CT molecular complexity index is 669. The van der Waals surface area contributed by atoms with Crippen LogP contribution in [0.5, 0.6) is 5.75 Å². The van der Waals surface area contributed by atoms with Crippen molar-refractivity contribution >= 4 is 17.5 Å². The number of hydrogen-bond acceptors (Lipinski definition) is 3. The minimum atomic E-state index is -0.465. The average Bonchev–Trinajstić information content (AvgIpc) is 3.04. The van der Waals surface area contributed by atoms with E-state index in [1.54, 1.807) is 23.0 Å². The third-order valence-corrected chi connectivity index (χ3v) is 3.70. The van der Waals surface area contributed by atoms with Crippen LogP contribution in [-0.4, -0.2) is 28.3 Å². The highest BCUT2D eigenvalue weighted by Gasteiger charge is 2.28. The van der Waals surface area contributed by atoms with Crippen LogP contribution in [0.2, 0.25) is 5.02 Å². The third-order valence-electron chi connectivity index (χ3n) is 3.46. The van der Waals surface area contributed by atoms with Gasteiger partial charge in [-0.2, -0.15) is 5.10 Å². The van der Waals surface area contributed by atoms with E-state index in [-0.39, 0.29) is 5.91 Å². The molecule has 0 saturated carbocycles. The summed E-state index contributed by atoms with van der Waals surface area (Å²) in [5.74, 6) is 0.651. The maximum Gasteiger partial charge on any atom is 0.261 e. The number of halogens is 1. The van der Waals surface area contributed by atoms with Gasteiger partial charge in [0.15, 0.2) is 6.10 Å². The van der Waals surface area contributed by atoms with Crippen LogP contribution in [0.15, 0.2) is 30.6 Å². The number of rotatable bonds is 4. The summed E-state index contributed by atoms with van der Waals surface area (Å²) in [7, 11) is 1.87. The van der Waals surface area contributed by atoms with Crippen LogP contribution < -0.4 is 10.1 Å². The van der Waals surface area contributed by atoms with E-state index < -0.39 is 6.10 Å². The molecule has 0 fully saturated rings. The summed E-state index contributed by atoms with van der Waals surface area (Å²) < 4.78 is 7.39. The second-order valence-corrected chi connectivity index (χ2v) is 5.56. The van der Waals surface area contributed by atoms with Crippen molar-refractivity contribution in [1.82, 2.24) is 15.1 Å². The molecule has 1 amide bonds. The van der Waals surface area contributed by atoms with Gasteiger partial charge in [0.05, 0.1) is 6.20 Å². The molecule has 0 bridgehead atoms. The van der Waals surface area contributed by atoms with Gasteiger partial charge in [0.2, 0.25) is 0 Å². The van der Waals surface area contributed by atoms with E-state index in [4.69, 9.17) is 16.3 Å². The van der Waals surface area contributed by atoms with Crippen LogP contribution in [0.4, 0.5) is 0 Å². The standard InChI is InChI=1S/C15H16ClN3O2/c1-19-9-10(8-18-19)4-5-17-15(20)14-7-11-6-12(16)2-3-13(11)21-14/h2-3,6,8-9,14H,4-5,7H2,1H3,(H,17,20)/t14-/m1/s1. The van der Waals surface area contributed by atoms with E-state index in [1.807, 2.05) is 19.3 Å². The highest BCUT2D eigenvalue weighted by molar-refractivity contribution is 6.30. The highest BCUT2D eigenvalue weighted by Crippen LogP contribution is 2.31. The molecule has 0 spiro atoms. The SMILES string of the molecule is Cn1cc(CCNC(=O)[C@H]2Cc3cc(Cl)ccc3O2)cn1. The number of aryl methyl sites for hydroxylation is 1. The lowest BCUT2D eigenvalue weighted by atomic mass is 10.1. The Hall–Kier alpha value is -2.01. The first kappa shape index (κ1) is 13.9. The van der Waals surface area contributed by atoms with Gasteiger partial charge in [-0.1, -0.05) is 11.6 Å². The number of nitrogens with zero attached hydrogens (tertiary/aromatic N) is 2. The summed E-state index contributed by atoms with van der Waals surface area (Å²) in [5, 5.41) is 7.65. The molecule has 0 unspecified atom stereocenters. The molecule has 1 aliphatic heterocycles. The van der Waals surface area contributed by atoms with Crippen LogP contribution in [0.1, 0.15) is 11.1 Å². The van der Waals surface area contributed by atoms with Crippen LogP contribution in [0.3, 0.4) is 0 Å². The van der Waals surface area contributed by atoms with E-state index in [0.29, 0.717) is 18.0 Å². The molecule has 5 nitrogen and oxygen atoms in total. The summed E-state index contributed by atoms with van der Waals surface area (Å²) >= 11 is 5.94. The Labute approximate surface area is 127 Å². The number of carbonyl (C=O) groups excluding carboxylic acids is 1. The fourth-order valence-corrected chi connectivity index (χ4v) is 2.60. The highest BCUT2D eigenvalue weighted by atomic mass is 35.5. The molecular formula is C15H16ClN3O2. The molecule has 1 aromatic carbocycles. The van der Waals surface area contributed by atoms with Gasteiger partial charge in [0.25, 0.3) is 5.91 Å². The number of hydrogen-bond donors (Lipinski definition) is 1. The van der Waals surface area contributed by atoms with Crippen molar-refractivity contribution in [2.75, 3.05) is 6.54 Å². The monoisotopic (exact) mass is 305 g/mol. The fourth-order valence-electron chi connectivity index (χ4n) is 2.41. The molecule has 2 heterocycles. The normalized spacial score (nSPS) is 16.4. The fraction of sp³-hybridized carbons (Fsp3) is 0.333. The average molecular weight is 306 g/mol. The van der Waals surface area contributed by atoms with Crippen molar-refractivity contribution in [3.05, 3.63) is 46.7 Å². The van der Waals surface area contributed by atoms with Gasteiger partial charge in [-0.05, 0) is 35.7 Å². The van der Waals surface area contributed by atoms with E-state index in [0.717, 1.165) is 23.3 Å². The lowest BCUT2D eigenvalue weighted by molar-refractivity contribution is -0.127. The second-order valence-electron chi connectivity index (χ2n) is 5.13. The van der Waals surface area contributed by atoms with Crippen LogP contribution >= 0.6 is 11.6 Å². The molecular weight excluding hydrogens is 290 g/mol. The van der Waals surface area contributed by atoms with E-state index >= 15 is 0 Å². The molecule has 1 atom stereocenters. The molecule has 0 radical (unpaired) electrons. The van der Waals surface area contributed by atoms with Crippen molar-refractivity contribution in [2.45, 2.75) is 18.9 Å². The minimum absolute atomic E-state index is 0.0915. The molecule has 0 aliphatic carbocycles. The van der Waals surface area contributed by atoms with Crippen molar-refractivity contribution < 1.29 is 9.53 Å². The number of amides is 1. The van der Waals surface area contributed by atoms with Crippen LogP contribution in [0, 0.1) is 0 Å². The maximum atomic E-state index is 12.1. The minimum Gasteiger partial charge on any atom is -0.480 e. The van der Waals surface area contributed by atoms with E-state index in [9.17, 15) is 4.79 Å². The number of fused-ring (bicyclic) bond motifs is 1. The Balaban J connectivity index is 1.51. The largest absolute Gasteiger partial charge is 0.480 e. The topological polar surface area (TPSA) is 56.2 Å². The molecule has 1 N–H and O–H groups in total. The second kappa shape index (κ2) is 5.77. The number of carbonyl (C=O) groups is 1. The first-order chi connectivity index (χ1) is 10.1. The van der Waals surface area contributed by atoms with E-state index in [1.165, 1.54) is 0 Å². The Morgan fingerprint density at radius 1 is 1.57 bits per heavy atom. The number of aromatic nitrogens is 2. The summed E-state index contributed by atoms with van der Waals surface area (Å²) in [4.78, 5) is 12.1. The molecule has 1 aliphatic rings. The smallest absolute Gasteiger partial charge is 0.261 e. The molecule has 0 saturated heterocycles.